The lowest BCUT2D eigenvalue weighted by Crippen LogP contribution is -2.17. The van der Waals surface area contributed by atoms with Crippen LogP contribution in [0.4, 0.5) is 0 Å². The van der Waals surface area contributed by atoms with E-state index in [-0.39, 0.29) is 16.7 Å². The van der Waals surface area contributed by atoms with Crippen molar-refractivity contribution in [3.63, 3.8) is 0 Å². The Morgan fingerprint density at radius 2 is 1.84 bits per heavy atom. The Bertz CT molecular complexity index is 473. The molecule has 0 aromatic heterocycles. The number of carbonyl (C=O) groups excluding carboxylic acids is 1. The van der Waals surface area contributed by atoms with Crippen molar-refractivity contribution in [1.82, 2.24) is 0 Å². The molecule has 19 heavy (non-hydrogen) atoms. The van der Waals surface area contributed by atoms with Gasteiger partial charge < -0.3 is 19.7 Å². The van der Waals surface area contributed by atoms with E-state index in [0.717, 1.165) is 0 Å². The van der Waals surface area contributed by atoms with Gasteiger partial charge in [0.2, 0.25) is 0 Å². The van der Waals surface area contributed by atoms with Crippen LogP contribution in [0.25, 0.3) is 0 Å². The normalized spacial score (nSPS) is 12.9. The molecule has 0 aliphatic carbocycles. The first-order valence-corrected chi connectivity index (χ1v) is 5.89. The van der Waals surface area contributed by atoms with Crippen LogP contribution in [0.2, 0.25) is 0 Å². The van der Waals surface area contributed by atoms with Gasteiger partial charge in [-0.2, -0.15) is 0 Å². The van der Waals surface area contributed by atoms with Crippen molar-refractivity contribution < 1.29 is 24.5 Å². The maximum absolute atomic E-state index is 11.4. The fourth-order valence-electron chi connectivity index (χ4n) is 1.77. The molecule has 5 nitrogen and oxygen atoms in total. The maximum atomic E-state index is 11.4. The van der Waals surface area contributed by atoms with Gasteiger partial charge in [-0.1, -0.05) is 20.8 Å². The van der Waals surface area contributed by atoms with E-state index in [1.807, 2.05) is 20.8 Å². The van der Waals surface area contributed by atoms with Crippen molar-refractivity contribution >= 4 is 5.97 Å². The SMILES string of the molecule is COC(=O)C(O)c1cc(OC)cc(C(C)(C)C)c1O. The molecule has 5 heteroatoms. The maximum Gasteiger partial charge on any atom is 0.339 e. The van der Waals surface area contributed by atoms with Crippen LogP contribution in [-0.2, 0) is 14.9 Å². The van der Waals surface area contributed by atoms with Crippen LogP contribution in [0.5, 0.6) is 11.5 Å². The summed E-state index contributed by atoms with van der Waals surface area (Å²) in [5.41, 5.74) is 0.310. The van der Waals surface area contributed by atoms with Gasteiger partial charge in [-0.15, -0.1) is 0 Å². The van der Waals surface area contributed by atoms with E-state index < -0.39 is 12.1 Å². The van der Waals surface area contributed by atoms with Crippen LogP contribution >= 0.6 is 0 Å². The summed E-state index contributed by atoms with van der Waals surface area (Å²) in [6.07, 6.45) is -1.54. The third-order valence-corrected chi connectivity index (χ3v) is 2.88. The van der Waals surface area contributed by atoms with Crippen molar-refractivity contribution in [3.8, 4) is 11.5 Å². The number of aliphatic hydroxyl groups is 1. The summed E-state index contributed by atoms with van der Waals surface area (Å²) in [5, 5.41) is 20.1. The molecule has 2 N–H and O–H groups in total. The Labute approximate surface area is 112 Å². The van der Waals surface area contributed by atoms with Gasteiger partial charge in [0, 0.05) is 11.1 Å². The summed E-state index contributed by atoms with van der Waals surface area (Å²) in [4.78, 5) is 11.4. The Morgan fingerprint density at radius 3 is 2.26 bits per heavy atom. The molecule has 0 saturated carbocycles. The van der Waals surface area contributed by atoms with Crippen molar-refractivity contribution in [2.45, 2.75) is 32.3 Å². The summed E-state index contributed by atoms with van der Waals surface area (Å²) in [7, 11) is 2.65. The number of ether oxygens (including phenoxy) is 2. The average Bonchev–Trinajstić information content (AvgIpc) is 2.35. The molecule has 0 saturated heterocycles. The molecule has 0 amide bonds. The predicted molar refractivity (Wildman–Crippen MR) is 70.3 cm³/mol. The first-order chi connectivity index (χ1) is 8.72. The van der Waals surface area contributed by atoms with Gasteiger partial charge in [-0.3, -0.25) is 0 Å². The van der Waals surface area contributed by atoms with Crippen LogP contribution in [0, 0.1) is 0 Å². The highest BCUT2D eigenvalue weighted by molar-refractivity contribution is 5.77. The molecule has 0 bridgehead atoms. The lowest BCUT2D eigenvalue weighted by molar-refractivity contribution is -0.150. The third kappa shape index (κ3) is 3.17. The summed E-state index contributed by atoms with van der Waals surface area (Å²) >= 11 is 0. The molecular formula is C14H20O5. The number of rotatable bonds is 3. The molecule has 1 atom stereocenters. The van der Waals surface area contributed by atoms with Gasteiger partial charge >= 0.3 is 5.97 Å². The lowest BCUT2D eigenvalue weighted by Gasteiger charge is -2.24. The van der Waals surface area contributed by atoms with Crippen LogP contribution in [0.1, 0.15) is 38.0 Å². The van der Waals surface area contributed by atoms with Gasteiger partial charge in [0.15, 0.2) is 6.10 Å². The molecule has 1 unspecified atom stereocenters. The second kappa shape index (κ2) is 5.48. The van der Waals surface area contributed by atoms with E-state index in [9.17, 15) is 15.0 Å². The molecule has 0 fully saturated rings. The number of phenols is 1. The molecular weight excluding hydrogens is 248 g/mol. The first-order valence-electron chi connectivity index (χ1n) is 5.89. The zero-order chi connectivity index (χ0) is 14.8. The molecule has 1 aromatic carbocycles. The van der Waals surface area contributed by atoms with E-state index in [0.29, 0.717) is 11.3 Å². The van der Waals surface area contributed by atoms with E-state index in [1.54, 1.807) is 6.07 Å². The summed E-state index contributed by atoms with van der Waals surface area (Å²) < 4.78 is 9.61. The molecule has 0 aliphatic heterocycles. The van der Waals surface area contributed by atoms with Gasteiger partial charge in [-0.25, -0.2) is 4.79 Å². The minimum atomic E-state index is -1.54. The smallest absolute Gasteiger partial charge is 0.339 e. The molecule has 0 spiro atoms. The van der Waals surface area contributed by atoms with Crippen LogP contribution < -0.4 is 4.74 Å². The fraction of sp³-hybridized carbons (Fsp3) is 0.500. The van der Waals surface area contributed by atoms with Crippen LogP contribution in [-0.4, -0.2) is 30.4 Å². The predicted octanol–water partition coefficient (Wildman–Crippen LogP) is 1.90. The van der Waals surface area contributed by atoms with E-state index in [2.05, 4.69) is 4.74 Å². The molecule has 0 heterocycles. The minimum Gasteiger partial charge on any atom is -0.507 e. The Kier molecular flexibility index (Phi) is 4.42. The number of hydrogen-bond donors (Lipinski definition) is 2. The highest BCUT2D eigenvalue weighted by Gasteiger charge is 2.28. The van der Waals surface area contributed by atoms with E-state index >= 15 is 0 Å². The number of hydrogen-bond acceptors (Lipinski definition) is 5. The fourth-order valence-corrected chi connectivity index (χ4v) is 1.77. The van der Waals surface area contributed by atoms with Crippen LogP contribution in [0.3, 0.4) is 0 Å². The van der Waals surface area contributed by atoms with Gasteiger partial charge in [0.25, 0.3) is 0 Å². The van der Waals surface area contributed by atoms with Gasteiger partial charge in [0.05, 0.1) is 14.2 Å². The highest BCUT2D eigenvalue weighted by atomic mass is 16.5. The van der Waals surface area contributed by atoms with E-state index in [4.69, 9.17) is 4.74 Å². The monoisotopic (exact) mass is 268 g/mol. The second-order valence-electron chi connectivity index (χ2n) is 5.29. The minimum absolute atomic E-state index is 0.0797. The summed E-state index contributed by atoms with van der Waals surface area (Å²) in [6, 6.07) is 3.11. The van der Waals surface area contributed by atoms with Gasteiger partial charge in [-0.05, 0) is 17.5 Å². The lowest BCUT2D eigenvalue weighted by atomic mass is 9.84. The average molecular weight is 268 g/mol. The summed E-state index contributed by atoms with van der Waals surface area (Å²) in [5.74, 6) is -0.490. The zero-order valence-corrected chi connectivity index (χ0v) is 11.9. The highest BCUT2D eigenvalue weighted by Crippen LogP contribution is 2.39. The number of aromatic hydroxyl groups is 1. The quantitative estimate of drug-likeness (QED) is 0.819. The second-order valence-corrected chi connectivity index (χ2v) is 5.29. The standard InChI is InChI=1S/C14H20O5/c1-14(2,3)10-7-8(18-4)6-9(11(10)15)12(16)13(17)19-5/h6-7,12,15-16H,1-5H3. The number of carbonyl (C=O) groups is 1. The number of methoxy groups -OCH3 is 2. The third-order valence-electron chi connectivity index (χ3n) is 2.88. The van der Waals surface area contributed by atoms with Crippen molar-refractivity contribution in [2.75, 3.05) is 14.2 Å². The first kappa shape index (κ1) is 15.3. The van der Waals surface area contributed by atoms with Crippen LogP contribution in [0.15, 0.2) is 12.1 Å². The zero-order valence-electron chi connectivity index (χ0n) is 11.9. The van der Waals surface area contributed by atoms with E-state index in [1.165, 1.54) is 20.3 Å². The number of benzene rings is 1. The Morgan fingerprint density at radius 1 is 1.26 bits per heavy atom. The molecule has 1 aromatic rings. The van der Waals surface area contributed by atoms with Crippen molar-refractivity contribution in [2.24, 2.45) is 0 Å². The molecule has 0 radical (unpaired) electrons. The van der Waals surface area contributed by atoms with Crippen molar-refractivity contribution in [3.05, 3.63) is 23.3 Å². The van der Waals surface area contributed by atoms with Gasteiger partial charge in [0.1, 0.15) is 11.5 Å². The number of esters is 1. The Hall–Kier alpha value is -1.75. The molecule has 1 rings (SSSR count). The largest absolute Gasteiger partial charge is 0.507 e. The Balaban J connectivity index is 3.44. The molecule has 0 aliphatic rings. The number of phenolic OH excluding ortho intramolecular Hbond substituents is 1. The number of aliphatic hydroxyl groups excluding tert-OH is 1. The summed E-state index contributed by atoms with van der Waals surface area (Å²) in [6.45, 7) is 5.74. The molecule has 106 valence electrons. The topological polar surface area (TPSA) is 76.0 Å². The van der Waals surface area contributed by atoms with Crippen molar-refractivity contribution in [1.29, 1.82) is 0 Å².